The zero-order valence-electron chi connectivity index (χ0n) is 5.13. The third-order valence-corrected chi connectivity index (χ3v) is 1.25. The predicted octanol–water partition coefficient (Wildman–Crippen LogP) is 1.41. The molecular weight excluding hydrogens is 137 g/mol. The average Bonchev–Trinajstić information content (AvgIpc) is 2.34. The Morgan fingerprint density at radius 2 is 2.67 bits per heavy atom. The molecule has 0 saturated carbocycles. The van der Waals surface area contributed by atoms with Gasteiger partial charge in [-0.25, -0.2) is 0 Å². The molecule has 0 N–H and O–H groups in total. The summed E-state index contributed by atoms with van der Waals surface area (Å²) in [6.07, 6.45) is 0.848. The molecule has 0 aliphatic heterocycles. The summed E-state index contributed by atoms with van der Waals surface area (Å²) in [5.74, 6) is 1.35. The van der Waals surface area contributed by atoms with Crippen LogP contribution < -0.4 is 4.52 Å². The monoisotopic (exact) mass is 145 g/mol. The molecule has 4 heteroatoms. The number of hydrogen-bond donors (Lipinski definition) is 0. The lowest BCUT2D eigenvalue weighted by Gasteiger charge is -1.83. The Labute approximate surface area is 55.7 Å². The molecule has 1 heterocycles. The Morgan fingerprint density at radius 1 is 1.89 bits per heavy atom. The molecule has 50 valence electrons. The van der Waals surface area contributed by atoms with Gasteiger partial charge in [0.25, 0.3) is 5.88 Å². The highest BCUT2D eigenvalue weighted by Crippen LogP contribution is 2.12. The molecule has 9 heavy (non-hydrogen) atoms. The van der Waals surface area contributed by atoms with Crippen LogP contribution in [0.4, 0.5) is 0 Å². The maximum Gasteiger partial charge on any atom is 0.256 e. The van der Waals surface area contributed by atoms with Crippen molar-refractivity contribution in [3.63, 3.8) is 0 Å². The fourth-order valence-corrected chi connectivity index (χ4v) is 0.627. The van der Waals surface area contributed by atoms with E-state index in [1.807, 2.05) is 6.92 Å². The highest BCUT2D eigenvalue weighted by Gasteiger charge is 1.98. The average molecular weight is 145 g/mol. The van der Waals surface area contributed by atoms with Crippen LogP contribution in [0.1, 0.15) is 12.7 Å². The molecular formula is C5H8NO2P. The van der Waals surface area contributed by atoms with Crippen molar-refractivity contribution in [1.29, 1.82) is 0 Å². The summed E-state index contributed by atoms with van der Waals surface area (Å²) in [4.78, 5) is 0. The van der Waals surface area contributed by atoms with Crippen LogP contribution in [-0.2, 0) is 6.42 Å². The SMILES string of the molecule is CCc1cc(OP)no1. The Balaban J connectivity index is 2.74. The smallest absolute Gasteiger partial charge is 0.256 e. The molecule has 0 aliphatic carbocycles. The zero-order valence-corrected chi connectivity index (χ0v) is 6.28. The first-order chi connectivity index (χ1) is 4.36. The summed E-state index contributed by atoms with van der Waals surface area (Å²) in [5.41, 5.74) is 0. The molecule has 1 atom stereocenters. The minimum Gasteiger partial charge on any atom is -0.461 e. The molecule has 0 saturated heterocycles. The molecule has 0 radical (unpaired) electrons. The number of nitrogens with zero attached hydrogens (tertiary/aromatic N) is 1. The van der Waals surface area contributed by atoms with Gasteiger partial charge in [0.15, 0.2) is 0 Å². The quantitative estimate of drug-likeness (QED) is 0.590. The summed E-state index contributed by atoms with van der Waals surface area (Å²) in [6, 6.07) is 1.76. The van der Waals surface area contributed by atoms with Crippen molar-refractivity contribution in [2.75, 3.05) is 0 Å². The molecule has 1 rings (SSSR count). The number of aromatic nitrogens is 1. The molecule has 1 unspecified atom stereocenters. The molecule has 1 aromatic heterocycles. The van der Waals surface area contributed by atoms with E-state index in [9.17, 15) is 0 Å². The van der Waals surface area contributed by atoms with Gasteiger partial charge in [0.05, 0.1) is 9.47 Å². The van der Waals surface area contributed by atoms with Crippen LogP contribution in [0.15, 0.2) is 10.6 Å². The van der Waals surface area contributed by atoms with E-state index >= 15 is 0 Å². The molecule has 1 aromatic rings. The van der Waals surface area contributed by atoms with E-state index in [0.717, 1.165) is 12.2 Å². The van der Waals surface area contributed by atoms with E-state index in [1.54, 1.807) is 6.07 Å². The first-order valence-corrected chi connectivity index (χ1v) is 3.16. The van der Waals surface area contributed by atoms with E-state index < -0.39 is 0 Å². The number of hydrogen-bond acceptors (Lipinski definition) is 3. The number of aryl methyl sites for hydroxylation is 1. The third-order valence-electron chi connectivity index (χ3n) is 1.01. The molecule has 0 bridgehead atoms. The van der Waals surface area contributed by atoms with Gasteiger partial charge < -0.3 is 9.05 Å². The highest BCUT2D eigenvalue weighted by atomic mass is 31.0. The summed E-state index contributed by atoms with van der Waals surface area (Å²) in [6.45, 7) is 1.99. The van der Waals surface area contributed by atoms with Gasteiger partial charge in [0.2, 0.25) is 0 Å². The normalized spacial score (nSPS) is 9.56. The van der Waals surface area contributed by atoms with Gasteiger partial charge in [-0.05, 0) is 5.16 Å². The van der Waals surface area contributed by atoms with Crippen LogP contribution in [0.2, 0.25) is 0 Å². The van der Waals surface area contributed by atoms with Crippen molar-refractivity contribution in [2.45, 2.75) is 13.3 Å². The summed E-state index contributed by atoms with van der Waals surface area (Å²) in [7, 11) is 2.10. The molecule has 3 nitrogen and oxygen atoms in total. The van der Waals surface area contributed by atoms with Gasteiger partial charge in [0, 0.05) is 12.5 Å². The molecule has 0 amide bonds. The van der Waals surface area contributed by atoms with Gasteiger partial charge in [-0.3, -0.25) is 0 Å². The minimum absolute atomic E-state index is 0.511. The first kappa shape index (κ1) is 6.56. The summed E-state index contributed by atoms with van der Waals surface area (Å²) >= 11 is 0. The van der Waals surface area contributed by atoms with Crippen molar-refractivity contribution in [1.82, 2.24) is 5.16 Å². The summed E-state index contributed by atoms with van der Waals surface area (Å²) in [5, 5.41) is 3.59. The van der Waals surface area contributed by atoms with Crippen molar-refractivity contribution in [3.05, 3.63) is 11.8 Å². The highest BCUT2D eigenvalue weighted by molar-refractivity contribution is 7.10. The lowest BCUT2D eigenvalue weighted by atomic mass is 10.4. The van der Waals surface area contributed by atoms with E-state index in [-0.39, 0.29) is 0 Å². The van der Waals surface area contributed by atoms with E-state index in [4.69, 9.17) is 9.05 Å². The maximum absolute atomic E-state index is 4.82. The molecule has 0 aromatic carbocycles. The van der Waals surface area contributed by atoms with Crippen molar-refractivity contribution < 1.29 is 9.05 Å². The van der Waals surface area contributed by atoms with Crippen LogP contribution in [0.5, 0.6) is 5.88 Å². The van der Waals surface area contributed by atoms with Crippen LogP contribution in [0, 0.1) is 0 Å². The molecule has 0 fully saturated rings. The van der Waals surface area contributed by atoms with Gasteiger partial charge in [-0.2, -0.15) is 0 Å². The lowest BCUT2D eigenvalue weighted by Crippen LogP contribution is -1.69. The second-order valence-electron chi connectivity index (χ2n) is 1.60. The minimum atomic E-state index is 0.511. The van der Waals surface area contributed by atoms with Crippen molar-refractivity contribution in [3.8, 4) is 5.88 Å². The van der Waals surface area contributed by atoms with Crippen molar-refractivity contribution >= 4 is 9.47 Å². The van der Waals surface area contributed by atoms with Gasteiger partial charge in [-0.1, -0.05) is 6.92 Å². The number of rotatable bonds is 2. The van der Waals surface area contributed by atoms with Gasteiger partial charge >= 0.3 is 0 Å². The second-order valence-corrected chi connectivity index (χ2v) is 1.84. The summed E-state index contributed by atoms with van der Waals surface area (Å²) < 4.78 is 9.52. The Kier molecular flexibility index (Phi) is 2.06. The standard InChI is InChI=1S/C5H8NO2P/c1-2-4-3-5(8-9)6-7-4/h3H,2,9H2,1H3. The van der Waals surface area contributed by atoms with Gasteiger partial charge in [0.1, 0.15) is 5.76 Å². The Morgan fingerprint density at radius 3 is 3.00 bits per heavy atom. The molecule has 0 aliphatic rings. The van der Waals surface area contributed by atoms with Crippen LogP contribution >= 0.6 is 9.47 Å². The van der Waals surface area contributed by atoms with E-state index in [2.05, 4.69) is 14.6 Å². The zero-order chi connectivity index (χ0) is 6.69. The van der Waals surface area contributed by atoms with E-state index in [1.165, 1.54) is 0 Å². The van der Waals surface area contributed by atoms with Crippen LogP contribution in [0.3, 0.4) is 0 Å². The molecule has 0 spiro atoms. The first-order valence-electron chi connectivity index (χ1n) is 2.69. The van der Waals surface area contributed by atoms with E-state index in [0.29, 0.717) is 5.88 Å². The van der Waals surface area contributed by atoms with Crippen LogP contribution in [-0.4, -0.2) is 5.16 Å². The Bertz CT molecular complexity index is 168. The fraction of sp³-hybridized carbons (Fsp3) is 0.400. The van der Waals surface area contributed by atoms with Gasteiger partial charge in [-0.15, -0.1) is 0 Å². The predicted molar refractivity (Wildman–Crippen MR) is 36.2 cm³/mol. The third kappa shape index (κ3) is 1.42. The lowest BCUT2D eigenvalue weighted by molar-refractivity contribution is 0.369. The topological polar surface area (TPSA) is 35.3 Å². The van der Waals surface area contributed by atoms with Crippen molar-refractivity contribution in [2.24, 2.45) is 0 Å². The fourth-order valence-electron chi connectivity index (χ4n) is 0.516. The van der Waals surface area contributed by atoms with Crippen LogP contribution in [0.25, 0.3) is 0 Å². The maximum atomic E-state index is 4.82. The largest absolute Gasteiger partial charge is 0.461 e. The second kappa shape index (κ2) is 2.83. The Hall–Kier alpha value is -0.560.